The normalized spacial score (nSPS) is 42.6. The number of esters is 2. The van der Waals surface area contributed by atoms with Crippen LogP contribution in [0.15, 0.2) is 12.7 Å². The van der Waals surface area contributed by atoms with Gasteiger partial charge in [-0.2, -0.15) is 0 Å². The number of carbonyl (C=O) groups is 2. The lowest BCUT2D eigenvalue weighted by Gasteiger charge is -2.60. The molecule has 5 aliphatic carbocycles. The molecule has 0 aromatic heterocycles. The predicted molar refractivity (Wildman–Crippen MR) is 104 cm³/mol. The van der Waals surface area contributed by atoms with Crippen molar-refractivity contribution in [2.45, 2.75) is 101 Å². The highest BCUT2D eigenvalue weighted by molar-refractivity contribution is 5.81. The summed E-state index contributed by atoms with van der Waals surface area (Å²) >= 11 is 0. The number of carbonyl (C=O) groups excluding carboxylic acids is 2. The molecule has 5 heteroatoms. The second-order valence-corrected chi connectivity index (χ2v) is 9.95. The van der Waals surface area contributed by atoms with E-state index in [-0.39, 0.29) is 23.6 Å². The van der Waals surface area contributed by atoms with E-state index in [2.05, 4.69) is 13.5 Å². The van der Waals surface area contributed by atoms with E-state index in [1.807, 2.05) is 6.92 Å². The third-order valence-corrected chi connectivity index (χ3v) is 7.50. The van der Waals surface area contributed by atoms with Crippen LogP contribution in [0.5, 0.6) is 0 Å². The molecule has 0 amide bonds. The van der Waals surface area contributed by atoms with Gasteiger partial charge >= 0.3 is 11.9 Å². The van der Waals surface area contributed by atoms with Crippen molar-refractivity contribution < 1.29 is 23.8 Å². The van der Waals surface area contributed by atoms with Gasteiger partial charge in [0.25, 0.3) is 0 Å². The summed E-state index contributed by atoms with van der Waals surface area (Å²) in [6.07, 6.45) is 10.7. The van der Waals surface area contributed by atoms with Crippen LogP contribution in [0.2, 0.25) is 0 Å². The zero-order chi connectivity index (χ0) is 19.9. The standard InChI is InChI=1S/C23H34O5/c1-4-20(24)28-23-12-17-9-18(13-23)11-22(10-17,14-23)27-16(3)21(25)26-19-8-6-5-7-15(19)2/h4,15-19H,1,5-14H2,2-3H3. The van der Waals surface area contributed by atoms with Gasteiger partial charge in [-0.1, -0.05) is 19.9 Å². The Kier molecular flexibility index (Phi) is 5.32. The first-order valence-corrected chi connectivity index (χ1v) is 11.1. The molecule has 0 spiro atoms. The van der Waals surface area contributed by atoms with Crippen molar-refractivity contribution in [1.29, 1.82) is 0 Å². The van der Waals surface area contributed by atoms with Crippen molar-refractivity contribution >= 4 is 11.9 Å². The average Bonchev–Trinajstić information content (AvgIpc) is 2.61. The molecule has 28 heavy (non-hydrogen) atoms. The van der Waals surface area contributed by atoms with Gasteiger partial charge in [0.05, 0.1) is 5.60 Å². The Labute approximate surface area is 168 Å². The lowest BCUT2D eigenvalue weighted by Crippen LogP contribution is -2.62. The largest absolute Gasteiger partial charge is 0.460 e. The SMILES string of the molecule is C=CC(=O)OC12CC3CC(C1)CC(OC(C)C(=O)OC1CCCCC1C)(C3)C2. The van der Waals surface area contributed by atoms with Gasteiger partial charge in [0.2, 0.25) is 0 Å². The van der Waals surface area contributed by atoms with Crippen LogP contribution in [-0.2, 0) is 23.8 Å². The fourth-order valence-corrected chi connectivity index (χ4v) is 6.73. The van der Waals surface area contributed by atoms with Gasteiger partial charge in [0.15, 0.2) is 6.10 Å². The van der Waals surface area contributed by atoms with E-state index in [1.165, 1.54) is 18.9 Å². The van der Waals surface area contributed by atoms with Crippen molar-refractivity contribution in [1.82, 2.24) is 0 Å². The van der Waals surface area contributed by atoms with Gasteiger partial charge in [-0.3, -0.25) is 0 Å². The molecule has 0 aromatic carbocycles. The second-order valence-electron chi connectivity index (χ2n) is 9.95. The van der Waals surface area contributed by atoms with Crippen LogP contribution >= 0.6 is 0 Å². The van der Waals surface area contributed by atoms with Crippen LogP contribution in [0.25, 0.3) is 0 Å². The van der Waals surface area contributed by atoms with E-state index < -0.39 is 11.7 Å². The molecule has 0 aliphatic heterocycles. The first kappa shape index (κ1) is 19.9. The Bertz CT molecular complexity index is 627. The molecule has 5 rings (SSSR count). The van der Waals surface area contributed by atoms with Crippen LogP contribution in [0, 0.1) is 17.8 Å². The van der Waals surface area contributed by atoms with Crippen molar-refractivity contribution in [3.63, 3.8) is 0 Å². The summed E-state index contributed by atoms with van der Waals surface area (Å²) in [6, 6.07) is 0. The van der Waals surface area contributed by atoms with Gasteiger partial charge in [-0.15, -0.1) is 0 Å². The van der Waals surface area contributed by atoms with Gasteiger partial charge < -0.3 is 14.2 Å². The quantitative estimate of drug-likeness (QED) is 0.499. The minimum atomic E-state index is -0.586. The molecule has 0 N–H and O–H groups in total. The van der Waals surface area contributed by atoms with E-state index in [9.17, 15) is 9.59 Å². The zero-order valence-electron chi connectivity index (χ0n) is 17.3. The average molecular weight is 391 g/mol. The summed E-state index contributed by atoms with van der Waals surface area (Å²) in [5, 5.41) is 0. The maximum absolute atomic E-state index is 12.7. The minimum absolute atomic E-state index is 0.0172. The highest BCUT2D eigenvalue weighted by atomic mass is 16.6. The monoisotopic (exact) mass is 390 g/mol. The third-order valence-electron chi connectivity index (χ3n) is 7.50. The summed E-state index contributed by atoms with van der Waals surface area (Å²) in [4.78, 5) is 24.7. The molecule has 5 fully saturated rings. The summed E-state index contributed by atoms with van der Waals surface area (Å²) in [5.74, 6) is 0.828. The van der Waals surface area contributed by atoms with Crippen LogP contribution in [0.3, 0.4) is 0 Å². The highest BCUT2D eigenvalue weighted by Crippen LogP contribution is 2.60. The molecule has 0 saturated heterocycles. The van der Waals surface area contributed by atoms with Crippen LogP contribution in [0.4, 0.5) is 0 Å². The van der Waals surface area contributed by atoms with Gasteiger partial charge in [-0.05, 0) is 76.0 Å². The Balaban J connectivity index is 1.42. The molecule has 0 radical (unpaired) electrons. The van der Waals surface area contributed by atoms with E-state index in [1.54, 1.807) is 0 Å². The molecule has 156 valence electrons. The molecule has 5 unspecified atom stereocenters. The maximum Gasteiger partial charge on any atom is 0.335 e. The highest BCUT2D eigenvalue weighted by Gasteiger charge is 2.61. The molecule has 4 bridgehead atoms. The van der Waals surface area contributed by atoms with E-state index >= 15 is 0 Å². The summed E-state index contributed by atoms with van der Waals surface area (Å²) in [6.45, 7) is 7.52. The molecular weight excluding hydrogens is 356 g/mol. The number of rotatable bonds is 6. The lowest BCUT2D eigenvalue weighted by molar-refractivity contribution is -0.245. The number of hydrogen-bond donors (Lipinski definition) is 0. The smallest absolute Gasteiger partial charge is 0.335 e. The van der Waals surface area contributed by atoms with E-state index in [4.69, 9.17) is 14.2 Å². The van der Waals surface area contributed by atoms with Gasteiger partial charge in [-0.25, -0.2) is 9.59 Å². The fraction of sp³-hybridized carbons (Fsp3) is 0.826. The Morgan fingerprint density at radius 3 is 2.36 bits per heavy atom. The van der Waals surface area contributed by atoms with Crippen molar-refractivity contribution in [2.24, 2.45) is 17.8 Å². The molecule has 0 heterocycles. The molecule has 5 nitrogen and oxygen atoms in total. The van der Waals surface area contributed by atoms with Crippen molar-refractivity contribution in [2.75, 3.05) is 0 Å². The topological polar surface area (TPSA) is 61.8 Å². The Hall–Kier alpha value is -1.36. The predicted octanol–water partition coefficient (Wildman–Crippen LogP) is 4.33. The summed E-state index contributed by atoms with van der Waals surface area (Å²) in [7, 11) is 0. The molecule has 0 aromatic rings. The molecule has 5 saturated carbocycles. The molecule has 5 aliphatic rings. The van der Waals surface area contributed by atoms with Crippen LogP contribution < -0.4 is 0 Å². The third kappa shape index (κ3) is 3.87. The van der Waals surface area contributed by atoms with Crippen molar-refractivity contribution in [3.8, 4) is 0 Å². The summed E-state index contributed by atoms with van der Waals surface area (Å²) in [5.41, 5.74) is -0.820. The summed E-state index contributed by atoms with van der Waals surface area (Å²) < 4.78 is 18.1. The maximum atomic E-state index is 12.7. The van der Waals surface area contributed by atoms with E-state index in [0.29, 0.717) is 24.2 Å². The lowest BCUT2D eigenvalue weighted by atomic mass is 9.52. The van der Waals surface area contributed by atoms with E-state index in [0.717, 1.165) is 44.9 Å². The fourth-order valence-electron chi connectivity index (χ4n) is 6.73. The minimum Gasteiger partial charge on any atom is -0.460 e. The van der Waals surface area contributed by atoms with Gasteiger partial charge in [0.1, 0.15) is 11.7 Å². The number of hydrogen-bond acceptors (Lipinski definition) is 5. The molecular formula is C23H34O5. The zero-order valence-corrected chi connectivity index (χ0v) is 17.3. The molecule has 5 atom stereocenters. The Morgan fingerprint density at radius 1 is 1.07 bits per heavy atom. The van der Waals surface area contributed by atoms with Crippen molar-refractivity contribution in [3.05, 3.63) is 12.7 Å². The first-order chi connectivity index (χ1) is 13.3. The second kappa shape index (κ2) is 7.47. The number of ether oxygens (including phenoxy) is 3. The Morgan fingerprint density at radius 2 is 1.71 bits per heavy atom. The van der Waals surface area contributed by atoms with Gasteiger partial charge in [0, 0.05) is 12.5 Å². The van der Waals surface area contributed by atoms with Crippen LogP contribution in [0.1, 0.15) is 78.1 Å². The first-order valence-electron chi connectivity index (χ1n) is 11.1. The van der Waals surface area contributed by atoms with Crippen LogP contribution in [-0.4, -0.2) is 35.3 Å².